The quantitative estimate of drug-likeness (QED) is 0.601. The first kappa shape index (κ1) is 11.8. The highest BCUT2D eigenvalue weighted by molar-refractivity contribution is 5.85. The molecule has 18 heavy (non-hydrogen) atoms. The van der Waals surface area contributed by atoms with Crippen molar-refractivity contribution in [2.75, 3.05) is 23.4 Å². The summed E-state index contributed by atoms with van der Waals surface area (Å²) >= 11 is 0. The number of pyridine rings is 1. The molecule has 0 unspecified atom stereocenters. The van der Waals surface area contributed by atoms with Gasteiger partial charge in [0.1, 0.15) is 23.8 Å². The van der Waals surface area contributed by atoms with Gasteiger partial charge in [-0.25, -0.2) is 15.0 Å². The van der Waals surface area contributed by atoms with Crippen LogP contribution in [-0.4, -0.2) is 28.2 Å². The van der Waals surface area contributed by atoms with Gasteiger partial charge < -0.3 is 21.8 Å². The summed E-state index contributed by atoms with van der Waals surface area (Å²) in [6.07, 6.45) is 4.14. The van der Waals surface area contributed by atoms with Crippen LogP contribution < -0.4 is 16.4 Å². The fourth-order valence-corrected chi connectivity index (χ4v) is 1.36. The molecule has 0 radical (unpaired) electrons. The van der Waals surface area contributed by atoms with Crippen molar-refractivity contribution in [2.24, 2.45) is 0 Å². The molecular formula is C11H13N7. The Labute approximate surface area is 104 Å². The highest BCUT2D eigenvalue weighted by Gasteiger charge is 2.02. The van der Waals surface area contributed by atoms with Crippen molar-refractivity contribution >= 4 is 29.4 Å². The van der Waals surface area contributed by atoms with E-state index >= 15 is 0 Å². The maximum absolute atomic E-state index is 7.13. The normalized spacial score (nSPS) is 9.83. The molecule has 2 heterocycles. The van der Waals surface area contributed by atoms with E-state index in [1.807, 2.05) is 0 Å². The molecule has 0 aliphatic carbocycles. The first-order chi connectivity index (χ1) is 8.72. The Kier molecular flexibility index (Phi) is 3.33. The van der Waals surface area contributed by atoms with Gasteiger partial charge in [0.25, 0.3) is 0 Å². The molecule has 7 heteroatoms. The van der Waals surface area contributed by atoms with Crippen LogP contribution in [0, 0.1) is 5.41 Å². The first-order valence-corrected chi connectivity index (χ1v) is 5.25. The van der Waals surface area contributed by atoms with Crippen LogP contribution in [0.15, 0.2) is 24.7 Å². The minimum atomic E-state index is 0.491. The Bertz CT molecular complexity index is 567. The van der Waals surface area contributed by atoms with Crippen molar-refractivity contribution in [2.45, 2.75) is 0 Å². The van der Waals surface area contributed by atoms with Gasteiger partial charge in [0.15, 0.2) is 0 Å². The molecule has 0 aliphatic rings. The van der Waals surface area contributed by atoms with Gasteiger partial charge in [-0.15, -0.1) is 0 Å². The van der Waals surface area contributed by atoms with E-state index in [1.54, 1.807) is 19.2 Å². The highest BCUT2D eigenvalue weighted by atomic mass is 15.1. The number of nitrogens with one attached hydrogen (secondary N) is 3. The molecule has 0 aromatic carbocycles. The maximum Gasteiger partial charge on any atom is 0.137 e. The molecule has 0 bridgehead atoms. The lowest BCUT2D eigenvalue weighted by Gasteiger charge is -2.07. The smallest absolute Gasteiger partial charge is 0.137 e. The number of anilines is 4. The van der Waals surface area contributed by atoms with Crippen LogP contribution in [0.2, 0.25) is 0 Å². The predicted octanol–water partition coefficient (Wildman–Crippen LogP) is 1.24. The number of nitrogens with zero attached hydrogens (tertiary/aromatic N) is 3. The fraction of sp³-hybridized carbons (Fsp3) is 0.0909. The van der Waals surface area contributed by atoms with Crippen molar-refractivity contribution in [3.8, 4) is 0 Å². The SMILES string of the molecule is CNc1cc(Nc2cc(N)c(C=N)cn2)ncn1. The summed E-state index contributed by atoms with van der Waals surface area (Å²) in [7, 11) is 1.78. The van der Waals surface area contributed by atoms with Gasteiger partial charge in [0.05, 0.1) is 0 Å². The van der Waals surface area contributed by atoms with E-state index in [0.29, 0.717) is 28.7 Å². The number of hydrogen-bond acceptors (Lipinski definition) is 7. The van der Waals surface area contributed by atoms with Crippen LogP contribution in [0.4, 0.5) is 23.1 Å². The van der Waals surface area contributed by atoms with Gasteiger partial charge in [-0.3, -0.25) is 0 Å². The Morgan fingerprint density at radius 3 is 2.56 bits per heavy atom. The fourth-order valence-electron chi connectivity index (χ4n) is 1.36. The third-order valence-corrected chi connectivity index (χ3v) is 2.30. The number of hydrogen-bond donors (Lipinski definition) is 4. The summed E-state index contributed by atoms with van der Waals surface area (Å²) in [5, 5.41) is 13.1. The lowest BCUT2D eigenvalue weighted by Crippen LogP contribution is -2.01. The molecule has 0 spiro atoms. The van der Waals surface area contributed by atoms with E-state index < -0.39 is 0 Å². The summed E-state index contributed by atoms with van der Waals surface area (Å²) in [4.78, 5) is 12.2. The van der Waals surface area contributed by atoms with Gasteiger partial charge in [0, 0.05) is 42.8 Å². The average molecular weight is 243 g/mol. The topological polar surface area (TPSA) is 113 Å². The van der Waals surface area contributed by atoms with Gasteiger partial charge in [0.2, 0.25) is 0 Å². The van der Waals surface area contributed by atoms with E-state index in [0.717, 1.165) is 6.21 Å². The molecule has 0 saturated carbocycles. The predicted molar refractivity (Wildman–Crippen MR) is 71.4 cm³/mol. The Hall–Kier alpha value is -2.70. The zero-order valence-electron chi connectivity index (χ0n) is 9.81. The molecule has 0 saturated heterocycles. The molecule has 0 fully saturated rings. The summed E-state index contributed by atoms with van der Waals surface area (Å²) in [5.41, 5.74) is 6.84. The maximum atomic E-state index is 7.13. The molecule has 0 atom stereocenters. The number of nitrogen functional groups attached to an aromatic ring is 1. The first-order valence-electron chi connectivity index (χ1n) is 5.25. The number of rotatable bonds is 4. The van der Waals surface area contributed by atoms with Gasteiger partial charge in [-0.05, 0) is 0 Å². The molecule has 7 nitrogen and oxygen atoms in total. The second-order valence-electron chi connectivity index (χ2n) is 3.51. The van der Waals surface area contributed by atoms with Crippen LogP contribution in [0.1, 0.15) is 5.56 Å². The molecular weight excluding hydrogens is 230 g/mol. The third-order valence-electron chi connectivity index (χ3n) is 2.30. The van der Waals surface area contributed by atoms with E-state index in [4.69, 9.17) is 11.1 Å². The van der Waals surface area contributed by atoms with E-state index in [9.17, 15) is 0 Å². The zero-order valence-corrected chi connectivity index (χ0v) is 9.81. The lowest BCUT2D eigenvalue weighted by atomic mass is 10.2. The Morgan fingerprint density at radius 2 is 1.89 bits per heavy atom. The lowest BCUT2D eigenvalue weighted by molar-refractivity contribution is 1.15. The Morgan fingerprint density at radius 1 is 1.17 bits per heavy atom. The monoisotopic (exact) mass is 243 g/mol. The minimum absolute atomic E-state index is 0.491. The van der Waals surface area contributed by atoms with Gasteiger partial charge in [-0.2, -0.15) is 0 Å². The van der Waals surface area contributed by atoms with E-state index in [-0.39, 0.29) is 0 Å². The highest BCUT2D eigenvalue weighted by Crippen LogP contribution is 2.17. The second kappa shape index (κ2) is 5.09. The van der Waals surface area contributed by atoms with Crippen molar-refractivity contribution in [3.63, 3.8) is 0 Å². The van der Waals surface area contributed by atoms with Crippen LogP contribution >= 0.6 is 0 Å². The van der Waals surface area contributed by atoms with Crippen molar-refractivity contribution in [1.29, 1.82) is 5.41 Å². The molecule has 2 aromatic rings. The van der Waals surface area contributed by atoms with Crippen LogP contribution in [0.5, 0.6) is 0 Å². The van der Waals surface area contributed by atoms with Gasteiger partial charge >= 0.3 is 0 Å². The second-order valence-corrected chi connectivity index (χ2v) is 3.51. The van der Waals surface area contributed by atoms with Crippen LogP contribution in [0.25, 0.3) is 0 Å². The number of aromatic nitrogens is 3. The minimum Gasteiger partial charge on any atom is -0.398 e. The zero-order chi connectivity index (χ0) is 13.0. The van der Waals surface area contributed by atoms with Crippen molar-refractivity contribution in [1.82, 2.24) is 15.0 Å². The standard InChI is InChI=1S/C11H13N7/c1-14-9-3-11(17-6-16-9)18-10-2-8(13)7(4-12)5-15-10/h2-6,12H,1H3,(H4,13,14,15,16,17,18). The summed E-state index contributed by atoms with van der Waals surface area (Å²) in [5.74, 6) is 1.89. The molecule has 92 valence electrons. The van der Waals surface area contributed by atoms with E-state index in [2.05, 4.69) is 25.6 Å². The van der Waals surface area contributed by atoms with Gasteiger partial charge in [-0.1, -0.05) is 0 Å². The summed E-state index contributed by atoms with van der Waals surface area (Å²) in [6.45, 7) is 0. The molecule has 0 amide bonds. The van der Waals surface area contributed by atoms with Crippen molar-refractivity contribution < 1.29 is 0 Å². The largest absolute Gasteiger partial charge is 0.398 e. The summed E-state index contributed by atoms with van der Waals surface area (Å²) in [6, 6.07) is 3.41. The van der Waals surface area contributed by atoms with Crippen LogP contribution in [-0.2, 0) is 0 Å². The molecule has 0 aliphatic heterocycles. The molecule has 2 rings (SSSR count). The molecule has 5 N–H and O–H groups in total. The van der Waals surface area contributed by atoms with Crippen molar-refractivity contribution in [3.05, 3.63) is 30.2 Å². The molecule has 2 aromatic heterocycles. The van der Waals surface area contributed by atoms with E-state index in [1.165, 1.54) is 12.5 Å². The average Bonchev–Trinajstić information content (AvgIpc) is 2.39. The third kappa shape index (κ3) is 2.51. The van der Waals surface area contributed by atoms with Crippen LogP contribution in [0.3, 0.4) is 0 Å². The summed E-state index contributed by atoms with van der Waals surface area (Å²) < 4.78 is 0. The Balaban J connectivity index is 2.22. The number of nitrogens with two attached hydrogens (primary N) is 1.